The zero-order chi connectivity index (χ0) is 7.49. The van der Waals surface area contributed by atoms with Crippen molar-refractivity contribution in [3.63, 3.8) is 0 Å². The smallest absolute Gasteiger partial charge is 0.744 e. The molecule has 11 heavy (non-hydrogen) atoms. The summed E-state index contributed by atoms with van der Waals surface area (Å²) >= 11 is 0. The summed E-state index contributed by atoms with van der Waals surface area (Å²) in [6, 6.07) is 0. The molecule has 0 aliphatic carbocycles. The van der Waals surface area contributed by atoms with Crippen LogP contribution in [0.3, 0.4) is 0 Å². The van der Waals surface area contributed by atoms with Crippen LogP contribution in [-0.2, 0) is 10.1 Å². The van der Waals surface area contributed by atoms with Gasteiger partial charge < -0.3 is 10.0 Å². The summed E-state index contributed by atoms with van der Waals surface area (Å²) in [5, 5.41) is 0.625. The van der Waals surface area contributed by atoms with E-state index in [1.54, 1.807) is 0 Å². The molecule has 60 valence electrons. The summed E-state index contributed by atoms with van der Waals surface area (Å²) in [5.41, 5.74) is 0.352. The summed E-state index contributed by atoms with van der Waals surface area (Å²) in [7, 11) is -4.22. The van der Waals surface area contributed by atoms with Crippen molar-refractivity contribution in [2.24, 2.45) is 0 Å². The maximum Gasteiger partial charge on any atom is 1.00 e. The van der Waals surface area contributed by atoms with Crippen molar-refractivity contribution in [3.8, 4) is 0 Å². The molecule has 0 aromatic rings. The quantitative estimate of drug-likeness (QED) is 0.260. The minimum atomic E-state index is -4.22. The Balaban J connectivity index is -0.000000320. The zero-order valence-corrected chi connectivity index (χ0v) is 9.31. The fraction of sp³-hybridized carbons (Fsp3) is 0.200. The molecule has 0 atom stereocenters. The van der Waals surface area contributed by atoms with Gasteiger partial charge in [0, 0.05) is 5.41 Å². The molecule has 6 heteroatoms. The van der Waals surface area contributed by atoms with Crippen LogP contribution in [0.1, 0.15) is 6.92 Å². The standard InChI is InChI=1S/C5H8O3S.Na.H2O/c1-3-5(2)4-9(6,7)8;;/h3-4H,1H2,2H3,(H,6,7,8);;1H2/q;+1;/p-1. The third-order valence-corrected chi connectivity index (χ3v) is 1.31. The molecule has 0 spiro atoms. The summed E-state index contributed by atoms with van der Waals surface area (Å²) < 4.78 is 29.8. The van der Waals surface area contributed by atoms with Gasteiger partial charge in [-0.1, -0.05) is 12.7 Å². The minimum Gasteiger partial charge on any atom is -0.744 e. The van der Waals surface area contributed by atoms with Crippen molar-refractivity contribution in [2.75, 3.05) is 0 Å². The van der Waals surface area contributed by atoms with Crippen LogP contribution in [0.4, 0.5) is 0 Å². The van der Waals surface area contributed by atoms with Crippen LogP contribution in [0.5, 0.6) is 0 Å². The van der Waals surface area contributed by atoms with Crippen LogP contribution >= 0.6 is 0 Å². The Morgan fingerprint density at radius 3 is 2.00 bits per heavy atom. The van der Waals surface area contributed by atoms with Crippen LogP contribution in [0, 0.1) is 0 Å². The zero-order valence-electron chi connectivity index (χ0n) is 6.49. The maximum atomic E-state index is 9.92. The predicted octanol–water partition coefficient (Wildman–Crippen LogP) is -3.20. The Hall–Kier alpha value is 0.350. The molecule has 0 aliphatic rings. The van der Waals surface area contributed by atoms with Gasteiger partial charge in [-0.05, 0) is 12.5 Å². The first-order valence-electron chi connectivity index (χ1n) is 2.22. The molecule has 0 aromatic carbocycles. The first-order chi connectivity index (χ1) is 3.95. The van der Waals surface area contributed by atoms with Crippen LogP contribution < -0.4 is 29.6 Å². The summed E-state index contributed by atoms with van der Waals surface area (Å²) in [6.45, 7) is 4.76. The van der Waals surface area contributed by atoms with Gasteiger partial charge in [0.05, 0.1) is 0 Å². The van der Waals surface area contributed by atoms with Crippen molar-refractivity contribution in [3.05, 3.63) is 23.6 Å². The number of hydrogen-bond donors (Lipinski definition) is 0. The van der Waals surface area contributed by atoms with Crippen molar-refractivity contribution in [1.29, 1.82) is 0 Å². The number of rotatable bonds is 2. The Kier molecular flexibility index (Phi) is 11.1. The molecule has 0 radical (unpaired) electrons. The van der Waals surface area contributed by atoms with Crippen LogP contribution in [0.2, 0.25) is 0 Å². The van der Waals surface area contributed by atoms with E-state index in [1.807, 2.05) is 0 Å². The number of hydrogen-bond acceptors (Lipinski definition) is 3. The van der Waals surface area contributed by atoms with E-state index in [9.17, 15) is 13.0 Å². The maximum absolute atomic E-state index is 9.92. The van der Waals surface area contributed by atoms with Crippen molar-refractivity contribution < 1.29 is 48.0 Å². The van der Waals surface area contributed by atoms with Gasteiger partial charge in [0.2, 0.25) is 0 Å². The molecule has 0 saturated heterocycles. The third-order valence-electron chi connectivity index (χ3n) is 0.652. The first-order valence-corrected chi connectivity index (χ1v) is 3.69. The van der Waals surface area contributed by atoms with E-state index in [-0.39, 0.29) is 35.0 Å². The van der Waals surface area contributed by atoms with Crippen LogP contribution in [-0.4, -0.2) is 18.4 Å². The molecule has 0 rings (SSSR count). The molecule has 0 aromatic heterocycles. The molecule has 0 bridgehead atoms. The van der Waals surface area contributed by atoms with E-state index in [2.05, 4.69) is 6.58 Å². The Morgan fingerprint density at radius 2 is 1.91 bits per heavy atom. The van der Waals surface area contributed by atoms with Gasteiger partial charge in [0.25, 0.3) is 0 Å². The topological polar surface area (TPSA) is 88.7 Å². The Labute approximate surface area is 88.3 Å². The van der Waals surface area contributed by atoms with Gasteiger partial charge in [-0.15, -0.1) is 0 Å². The molecule has 0 heterocycles. The van der Waals surface area contributed by atoms with Crippen molar-refractivity contribution >= 4 is 10.1 Å². The average molecular weight is 188 g/mol. The normalized spacial score (nSPS) is 10.9. The van der Waals surface area contributed by atoms with E-state index >= 15 is 0 Å². The fourth-order valence-electron chi connectivity index (χ4n) is 0.276. The van der Waals surface area contributed by atoms with Gasteiger partial charge in [-0.3, -0.25) is 0 Å². The van der Waals surface area contributed by atoms with Gasteiger partial charge >= 0.3 is 29.6 Å². The molecule has 4 nitrogen and oxygen atoms in total. The molecule has 0 fully saturated rings. The molecule has 0 unspecified atom stereocenters. The molecule has 2 N–H and O–H groups in total. The van der Waals surface area contributed by atoms with E-state index in [0.29, 0.717) is 11.0 Å². The monoisotopic (exact) mass is 188 g/mol. The van der Waals surface area contributed by atoms with Gasteiger partial charge in [0.15, 0.2) is 0 Å². The van der Waals surface area contributed by atoms with Crippen LogP contribution in [0.25, 0.3) is 0 Å². The molecule has 0 aliphatic heterocycles. The predicted molar refractivity (Wildman–Crippen MR) is 37.3 cm³/mol. The van der Waals surface area contributed by atoms with Gasteiger partial charge in [-0.2, -0.15) is 0 Å². The number of allylic oxidation sites excluding steroid dienone is 2. The Morgan fingerprint density at radius 1 is 1.55 bits per heavy atom. The van der Waals surface area contributed by atoms with Crippen molar-refractivity contribution in [2.45, 2.75) is 6.92 Å². The fourth-order valence-corrected chi connectivity index (χ4v) is 0.827. The molecule has 0 amide bonds. The first kappa shape index (κ1) is 17.4. The van der Waals surface area contributed by atoms with E-state index in [0.717, 1.165) is 0 Å². The molecular weight excluding hydrogens is 179 g/mol. The largest absolute Gasteiger partial charge is 1.00 e. The SMILES string of the molecule is C=CC(C)=CS(=O)(=O)[O-].O.[Na+]. The average Bonchev–Trinajstić information content (AvgIpc) is 1.62. The Bertz CT molecular complexity index is 229. The van der Waals surface area contributed by atoms with E-state index in [4.69, 9.17) is 0 Å². The van der Waals surface area contributed by atoms with E-state index < -0.39 is 10.1 Å². The summed E-state index contributed by atoms with van der Waals surface area (Å²) in [4.78, 5) is 0. The third kappa shape index (κ3) is 13.4. The molecular formula is C5H9NaO4S. The van der Waals surface area contributed by atoms with Crippen LogP contribution in [0.15, 0.2) is 23.6 Å². The minimum absolute atomic E-state index is 0. The van der Waals surface area contributed by atoms with Crippen molar-refractivity contribution in [1.82, 2.24) is 0 Å². The summed E-state index contributed by atoms with van der Waals surface area (Å²) in [6.07, 6.45) is 1.30. The second kappa shape index (κ2) is 7.02. The van der Waals surface area contributed by atoms with Gasteiger partial charge in [0.1, 0.15) is 10.1 Å². The molecule has 0 saturated carbocycles. The summed E-state index contributed by atoms with van der Waals surface area (Å²) in [5.74, 6) is 0. The van der Waals surface area contributed by atoms with Gasteiger partial charge in [-0.25, -0.2) is 8.42 Å². The second-order valence-electron chi connectivity index (χ2n) is 1.56. The van der Waals surface area contributed by atoms with E-state index in [1.165, 1.54) is 13.0 Å². The second-order valence-corrected chi connectivity index (χ2v) is 2.78.